The molecule has 186 valence electrons. The summed E-state index contributed by atoms with van der Waals surface area (Å²) < 4.78 is 5.71. The van der Waals surface area contributed by atoms with Gasteiger partial charge in [-0.1, -0.05) is 22.8 Å². The number of aliphatic hydroxyl groups is 1. The molecular formula is C26H31ClN4O4. The Morgan fingerprint density at radius 1 is 1.20 bits per heavy atom. The zero-order valence-electron chi connectivity index (χ0n) is 19.6. The molecule has 3 N–H and O–H groups in total. The Morgan fingerprint density at radius 2 is 1.97 bits per heavy atom. The Labute approximate surface area is 209 Å². The van der Waals surface area contributed by atoms with Crippen LogP contribution in [0.5, 0.6) is 5.88 Å². The predicted molar refractivity (Wildman–Crippen MR) is 132 cm³/mol. The van der Waals surface area contributed by atoms with Crippen LogP contribution in [0.2, 0.25) is 5.02 Å². The van der Waals surface area contributed by atoms with Gasteiger partial charge in [0.1, 0.15) is 17.9 Å². The molecule has 2 aromatic rings. The van der Waals surface area contributed by atoms with E-state index in [9.17, 15) is 15.1 Å². The fraction of sp³-hybridized carbons (Fsp3) is 0.500. The van der Waals surface area contributed by atoms with Crippen LogP contribution in [0, 0.1) is 5.92 Å². The topological polar surface area (TPSA) is 107 Å². The highest BCUT2D eigenvalue weighted by Crippen LogP contribution is 2.31. The van der Waals surface area contributed by atoms with Crippen molar-refractivity contribution in [1.29, 1.82) is 0 Å². The number of pyridine rings is 1. The van der Waals surface area contributed by atoms with E-state index in [1.54, 1.807) is 18.3 Å². The highest BCUT2D eigenvalue weighted by Gasteiger charge is 2.34. The minimum atomic E-state index is -0.971. The minimum absolute atomic E-state index is 0.0715. The second kappa shape index (κ2) is 10.5. The lowest BCUT2D eigenvalue weighted by Gasteiger charge is -2.29. The first-order valence-corrected chi connectivity index (χ1v) is 12.7. The summed E-state index contributed by atoms with van der Waals surface area (Å²) in [7, 11) is 0. The van der Waals surface area contributed by atoms with E-state index in [1.165, 1.54) is 0 Å². The van der Waals surface area contributed by atoms with E-state index in [2.05, 4.69) is 20.4 Å². The smallest absolute Gasteiger partial charge is 0.269 e. The molecule has 1 aromatic carbocycles. The number of carbonyl (C=O) groups is 1. The summed E-state index contributed by atoms with van der Waals surface area (Å²) in [5.41, 5.74) is 2.83. The monoisotopic (exact) mass is 498 g/mol. The molecule has 8 nitrogen and oxygen atoms in total. The van der Waals surface area contributed by atoms with Crippen LogP contribution in [0.1, 0.15) is 48.5 Å². The number of likely N-dealkylation sites (tertiary alicyclic amines) is 1. The minimum Gasteiger partial charge on any atom is -0.474 e. The number of oxime groups is 1. The van der Waals surface area contributed by atoms with Gasteiger partial charge in [-0.3, -0.25) is 4.79 Å². The number of hydrogen-bond acceptors (Lipinski definition) is 7. The molecule has 2 heterocycles. The van der Waals surface area contributed by atoms with Crippen LogP contribution in [0.4, 0.5) is 0 Å². The third kappa shape index (κ3) is 5.77. The number of benzene rings is 1. The van der Waals surface area contributed by atoms with E-state index in [0.29, 0.717) is 35.9 Å². The lowest BCUT2D eigenvalue weighted by molar-refractivity contribution is -0.117. The molecule has 2 fully saturated rings. The van der Waals surface area contributed by atoms with Gasteiger partial charge in [-0.05, 0) is 80.9 Å². The largest absolute Gasteiger partial charge is 0.474 e. The number of halogens is 1. The van der Waals surface area contributed by atoms with Gasteiger partial charge in [-0.25, -0.2) is 4.98 Å². The van der Waals surface area contributed by atoms with E-state index in [0.717, 1.165) is 49.9 Å². The zero-order chi connectivity index (χ0) is 24.4. The van der Waals surface area contributed by atoms with Gasteiger partial charge in [0.05, 0.1) is 6.04 Å². The maximum absolute atomic E-state index is 13.3. The number of aliphatic hydroxyl groups excluding tert-OH is 1. The Bertz CT molecular complexity index is 1080. The number of fused-ring (bicyclic) bond motifs is 1. The molecule has 1 unspecified atom stereocenters. The normalized spacial score (nSPS) is 22.0. The van der Waals surface area contributed by atoms with Gasteiger partial charge in [0.25, 0.3) is 5.91 Å². The molecule has 2 aliphatic carbocycles. The molecule has 1 amide bonds. The number of rotatable bonds is 9. The molecule has 0 radical (unpaired) electrons. The SMILES string of the molecule is O=C(N[C@H](CN1CCCC1)[C@H](O)c1ccc(OC2CC2)nc1)C(=NO)C1Cc2ccc(Cl)cc2C1. The fourth-order valence-electron chi connectivity index (χ4n) is 5.03. The number of carbonyl (C=O) groups excluding carboxylic acids is 1. The maximum Gasteiger partial charge on any atom is 0.269 e. The number of aromatic nitrogens is 1. The number of nitrogens with one attached hydrogen (secondary N) is 1. The molecule has 3 atom stereocenters. The van der Waals surface area contributed by atoms with Crippen molar-refractivity contribution >= 4 is 23.2 Å². The quantitative estimate of drug-likeness (QED) is 0.278. The van der Waals surface area contributed by atoms with Gasteiger partial charge < -0.3 is 25.3 Å². The van der Waals surface area contributed by atoms with Crippen LogP contribution >= 0.6 is 11.6 Å². The molecule has 1 aromatic heterocycles. The second-order valence-electron chi connectivity index (χ2n) is 9.78. The van der Waals surface area contributed by atoms with Crippen molar-refractivity contribution in [2.75, 3.05) is 19.6 Å². The summed E-state index contributed by atoms with van der Waals surface area (Å²) in [4.78, 5) is 19.9. The highest BCUT2D eigenvalue weighted by atomic mass is 35.5. The first-order valence-electron chi connectivity index (χ1n) is 12.3. The lowest BCUT2D eigenvalue weighted by atomic mass is 9.97. The zero-order valence-corrected chi connectivity index (χ0v) is 20.3. The van der Waals surface area contributed by atoms with Crippen LogP contribution in [0.15, 0.2) is 41.7 Å². The molecule has 1 saturated carbocycles. The maximum atomic E-state index is 13.3. The summed E-state index contributed by atoms with van der Waals surface area (Å²) >= 11 is 6.12. The number of nitrogens with zero attached hydrogens (tertiary/aromatic N) is 3. The van der Waals surface area contributed by atoms with E-state index >= 15 is 0 Å². The van der Waals surface area contributed by atoms with Crippen molar-refractivity contribution in [3.8, 4) is 5.88 Å². The van der Waals surface area contributed by atoms with Crippen LogP contribution in [-0.2, 0) is 17.6 Å². The first-order chi connectivity index (χ1) is 17.0. The van der Waals surface area contributed by atoms with Crippen molar-refractivity contribution in [1.82, 2.24) is 15.2 Å². The van der Waals surface area contributed by atoms with Crippen LogP contribution in [-0.4, -0.2) is 63.6 Å². The van der Waals surface area contributed by atoms with Gasteiger partial charge in [-0.15, -0.1) is 0 Å². The van der Waals surface area contributed by atoms with Gasteiger partial charge in [0.2, 0.25) is 5.88 Å². The van der Waals surface area contributed by atoms with Crippen molar-refractivity contribution < 1.29 is 19.8 Å². The molecule has 1 saturated heterocycles. The van der Waals surface area contributed by atoms with Crippen molar-refractivity contribution in [2.45, 2.75) is 56.8 Å². The molecular weight excluding hydrogens is 468 g/mol. The first kappa shape index (κ1) is 24.0. The molecule has 1 aliphatic heterocycles. The molecule has 0 bridgehead atoms. The Balaban J connectivity index is 1.29. The van der Waals surface area contributed by atoms with Crippen molar-refractivity contribution in [3.05, 3.63) is 58.2 Å². The Morgan fingerprint density at radius 3 is 2.66 bits per heavy atom. The Kier molecular flexibility index (Phi) is 7.22. The lowest BCUT2D eigenvalue weighted by Crippen LogP contribution is -2.49. The van der Waals surface area contributed by atoms with Gasteiger partial charge in [0, 0.05) is 35.3 Å². The van der Waals surface area contributed by atoms with E-state index < -0.39 is 18.1 Å². The van der Waals surface area contributed by atoms with Crippen molar-refractivity contribution in [3.63, 3.8) is 0 Å². The summed E-state index contributed by atoms with van der Waals surface area (Å²) in [6, 6.07) is 8.63. The van der Waals surface area contributed by atoms with Gasteiger partial charge in [-0.2, -0.15) is 0 Å². The Hall–Kier alpha value is -2.68. The van der Waals surface area contributed by atoms with E-state index in [4.69, 9.17) is 16.3 Å². The fourth-order valence-corrected chi connectivity index (χ4v) is 5.22. The molecule has 5 rings (SSSR count). The summed E-state index contributed by atoms with van der Waals surface area (Å²) in [5.74, 6) is -0.181. The number of ether oxygens (including phenoxy) is 1. The highest BCUT2D eigenvalue weighted by molar-refractivity contribution is 6.39. The summed E-state index contributed by atoms with van der Waals surface area (Å²) in [6.07, 6.45) is 6.34. The number of hydrogen-bond donors (Lipinski definition) is 3. The summed E-state index contributed by atoms with van der Waals surface area (Å²) in [6.45, 7) is 2.34. The third-order valence-electron chi connectivity index (χ3n) is 7.09. The van der Waals surface area contributed by atoms with E-state index in [-0.39, 0.29) is 17.7 Å². The number of amides is 1. The van der Waals surface area contributed by atoms with Crippen LogP contribution in [0.25, 0.3) is 0 Å². The average molecular weight is 499 g/mol. The molecule has 3 aliphatic rings. The second-order valence-corrected chi connectivity index (χ2v) is 10.2. The molecule has 9 heteroatoms. The van der Waals surface area contributed by atoms with Crippen molar-refractivity contribution in [2.24, 2.45) is 11.1 Å². The van der Waals surface area contributed by atoms with Crippen LogP contribution in [0.3, 0.4) is 0 Å². The van der Waals surface area contributed by atoms with E-state index in [1.807, 2.05) is 18.2 Å². The average Bonchev–Trinajstić information content (AvgIpc) is 3.34. The van der Waals surface area contributed by atoms with Gasteiger partial charge >= 0.3 is 0 Å². The third-order valence-corrected chi connectivity index (χ3v) is 7.33. The standard InChI is InChI=1S/C26H31ClN4O4/c27-20-5-3-16-11-19(12-18(16)13-20)24(30-34)26(33)29-22(15-31-9-1-2-10-31)25(32)17-4-8-23(28-14-17)35-21-6-7-21/h3-5,8,13-14,19,21-22,25,32,34H,1-2,6-7,9-12,15H2,(H,29,33)/t19?,22-,25-/m1/s1. The summed E-state index contributed by atoms with van der Waals surface area (Å²) in [5, 5.41) is 28.0. The predicted octanol–water partition coefficient (Wildman–Crippen LogP) is 3.14. The van der Waals surface area contributed by atoms with Crippen LogP contribution < -0.4 is 10.1 Å². The molecule has 35 heavy (non-hydrogen) atoms. The molecule has 0 spiro atoms. The van der Waals surface area contributed by atoms with Gasteiger partial charge in [0.15, 0.2) is 0 Å².